The standard InChI is InChI=1S/C15H15NO2S/c1-9-16-15(13(19-9)8-14(17)18)12-6-5-10-3-2-4-11(10)7-12/h5-7H,2-4,8H2,1H3,(H,17,18). The Balaban J connectivity index is 2.04. The molecule has 1 aromatic heterocycles. The van der Waals surface area contributed by atoms with Gasteiger partial charge in [-0.05, 0) is 43.4 Å². The number of nitrogens with zero attached hydrogens (tertiary/aromatic N) is 1. The molecule has 0 unspecified atom stereocenters. The van der Waals surface area contributed by atoms with Crippen LogP contribution in [0.15, 0.2) is 18.2 Å². The molecule has 1 aromatic carbocycles. The van der Waals surface area contributed by atoms with Crippen LogP contribution in [0.5, 0.6) is 0 Å². The summed E-state index contributed by atoms with van der Waals surface area (Å²) < 4.78 is 0. The molecule has 0 atom stereocenters. The Hall–Kier alpha value is -1.68. The smallest absolute Gasteiger partial charge is 0.308 e. The zero-order valence-corrected chi connectivity index (χ0v) is 11.6. The molecule has 0 radical (unpaired) electrons. The number of fused-ring (bicyclic) bond motifs is 1. The number of carboxylic acids is 1. The zero-order valence-electron chi connectivity index (χ0n) is 10.8. The highest BCUT2D eigenvalue weighted by molar-refractivity contribution is 7.12. The Morgan fingerprint density at radius 2 is 2.16 bits per heavy atom. The Bertz CT molecular complexity index is 646. The maximum Gasteiger partial charge on any atom is 0.308 e. The molecule has 1 aliphatic rings. The Kier molecular flexibility index (Phi) is 3.11. The average molecular weight is 273 g/mol. The molecule has 0 bridgehead atoms. The van der Waals surface area contributed by atoms with Gasteiger partial charge in [0.25, 0.3) is 0 Å². The largest absolute Gasteiger partial charge is 0.481 e. The molecule has 0 saturated carbocycles. The Morgan fingerprint density at radius 3 is 2.95 bits per heavy atom. The molecule has 1 heterocycles. The van der Waals surface area contributed by atoms with Crippen LogP contribution in [-0.4, -0.2) is 16.1 Å². The maximum atomic E-state index is 10.9. The second kappa shape index (κ2) is 4.78. The fraction of sp³-hybridized carbons (Fsp3) is 0.333. The monoisotopic (exact) mass is 273 g/mol. The Morgan fingerprint density at radius 1 is 1.37 bits per heavy atom. The normalized spacial score (nSPS) is 13.5. The van der Waals surface area contributed by atoms with E-state index in [0.29, 0.717) is 0 Å². The molecule has 4 heteroatoms. The SMILES string of the molecule is Cc1nc(-c2ccc3c(c2)CCC3)c(CC(=O)O)s1. The van der Waals surface area contributed by atoms with Crippen molar-refractivity contribution in [2.24, 2.45) is 0 Å². The molecule has 1 N–H and O–H groups in total. The fourth-order valence-electron chi connectivity index (χ4n) is 2.67. The molecule has 19 heavy (non-hydrogen) atoms. The molecule has 0 aliphatic heterocycles. The lowest BCUT2D eigenvalue weighted by molar-refractivity contribution is -0.136. The molecule has 0 amide bonds. The van der Waals surface area contributed by atoms with Gasteiger partial charge < -0.3 is 5.11 Å². The van der Waals surface area contributed by atoms with Crippen LogP contribution in [0.1, 0.15) is 27.4 Å². The van der Waals surface area contributed by atoms with E-state index in [4.69, 9.17) is 5.11 Å². The van der Waals surface area contributed by atoms with Gasteiger partial charge in [-0.1, -0.05) is 12.1 Å². The van der Waals surface area contributed by atoms with Crippen LogP contribution in [0.2, 0.25) is 0 Å². The van der Waals surface area contributed by atoms with Crippen LogP contribution in [0.3, 0.4) is 0 Å². The Labute approximate surface area is 115 Å². The van der Waals surface area contributed by atoms with Crippen molar-refractivity contribution >= 4 is 17.3 Å². The van der Waals surface area contributed by atoms with Crippen LogP contribution in [0.4, 0.5) is 0 Å². The summed E-state index contributed by atoms with van der Waals surface area (Å²) in [7, 11) is 0. The molecule has 2 aromatic rings. The zero-order chi connectivity index (χ0) is 13.4. The minimum atomic E-state index is -0.800. The number of aliphatic carboxylic acids is 1. The predicted octanol–water partition coefficient (Wildman–Crippen LogP) is 3.23. The van der Waals surface area contributed by atoms with Gasteiger partial charge in [-0.3, -0.25) is 4.79 Å². The van der Waals surface area contributed by atoms with Crippen molar-refractivity contribution in [3.63, 3.8) is 0 Å². The number of benzene rings is 1. The highest BCUT2D eigenvalue weighted by Crippen LogP contribution is 2.32. The van der Waals surface area contributed by atoms with E-state index in [9.17, 15) is 4.79 Å². The van der Waals surface area contributed by atoms with E-state index < -0.39 is 5.97 Å². The van der Waals surface area contributed by atoms with Crippen LogP contribution in [0.25, 0.3) is 11.3 Å². The second-order valence-electron chi connectivity index (χ2n) is 4.91. The highest BCUT2D eigenvalue weighted by atomic mass is 32.1. The number of aromatic nitrogens is 1. The van der Waals surface area contributed by atoms with Crippen LogP contribution < -0.4 is 0 Å². The number of carbonyl (C=O) groups is 1. The van der Waals surface area contributed by atoms with Gasteiger partial charge in [0.15, 0.2) is 0 Å². The predicted molar refractivity (Wildman–Crippen MR) is 75.7 cm³/mol. The van der Waals surface area contributed by atoms with Gasteiger partial charge in [0.05, 0.1) is 17.1 Å². The second-order valence-corrected chi connectivity index (χ2v) is 6.20. The lowest BCUT2D eigenvalue weighted by Crippen LogP contribution is -1.99. The molecular weight excluding hydrogens is 258 g/mol. The van der Waals surface area contributed by atoms with E-state index in [1.807, 2.05) is 6.92 Å². The number of carboxylic acid groups (broad SMARTS) is 1. The van der Waals surface area contributed by atoms with Crippen molar-refractivity contribution in [3.8, 4) is 11.3 Å². The van der Waals surface area contributed by atoms with Gasteiger partial charge in [-0.2, -0.15) is 0 Å². The average Bonchev–Trinajstić information content (AvgIpc) is 2.93. The van der Waals surface area contributed by atoms with E-state index in [1.165, 1.54) is 28.9 Å². The summed E-state index contributed by atoms with van der Waals surface area (Å²) in [5, 5.41) is 9.90. The minimum Gasteiger partial charge on any atom is -0.481 e. The van der Waals surface area contributed by atoms with Gasteiger partial charge in [0.2, 0.25) is 0 Å². The number of hydrogen-bond donors (Lipinski definition) is 1. The summed E-state index contributed by atoms with van der Waals surface area (Å²) in [5.41, 5.74) is 4.72. The summed E-state index contributed by atoms with van der Waals surface area (Å²) in [6, 6.07) is 6.42. The maximum absolute atomic E-state index is 10.9. The third-order valence-corrected chi connectivity index (χ3v) is 4.46. The van der Waals surface area contributed by atoms with Gasteiger partial charge in [-0.15, -0.1) is 11.3 Å². The van der Waals surface area contributed by atoms with Crippen molar-refractivity contribution in [2.75, 3.05) is 0 Å². The van der Waals surface area contributed by atoms with E-state index in [2.05, 4.69) is 23.2 Å². The lowest BCUT2D eigenvalue weighted by Gasteiger charge is -2.04. The number of thiazole rings is 1. The molecule has 98 valence electrons. The van der Waals surface area contributed by atoms with Gasteiger partial charge in [0.1, 0.15) is 0 Å². The summed E-state index contributed by atoms with van der Waals surface area (Å²) in [6.45, 7) is 1.92. The summed E-state index contributed by atoms with van der Waals surface area (Å²) in [5.74, 6) is -0.800. The quantitative estimate of drug-likeness (QED) is 0.934. The number of rotatable bonds is 3. The van der Waals surface area contributed by atoms with Crippen molar-refractivity contribution in [1.82, 2.24) is 4.98 Å². The summed E-state index contributed by atoms with van der Waals surface area (Å²) >= 11 is 1.48. The third-order valence-electron chi connectivity index (χ3n) is 3.49. The van der Waals surface area contributed by atoms with Crippen molar-refractivity contribution < 1.29 is 9.90 Å². The first kappa shape index (κ1) is 12.4. The molecule has 3 nitrogen and oxygen atoms in total. The van der Waals surface area contributed by atoms with Crippen LogP contribution >= 0.6 is 11.3 Å². The first-order valence-electron chi connectivity index (χ1n) is 6.44. The van der Waals surface area contributed by atoms with Crippen LogP contribution in [0, 0.1) is 6.92 Å². The minimum absolute atomic E-state index is 0.0535. The summed E-state index contributed by atoms with van der Waals surface area (Å²) in [4.78, 5) is 16.3. The summed E-state index contributed by atoms with van der Waals surface area (Å²) in [6.07, 6.45) is 3.56. The molecular formula is C15H15NO2S. The van der Waals surface area contributed by atoms with E-state index in [-0.39, 0.29) is 6.42 Å². The van der Waals surface area contributed by atoms with E-state index in [0.717, 1.165) is 34.0 Å². The number of hydrogen-bond acceptors (Lipinski definition) is 3. The first-order valence-corrected chi connectivity index (χ1v) is 7.25. The van der Waals surface area contributed by atoms with Crippen LogP contribution in [-0.2, 0) is 24.1 Å². The number of aryl methyl sites for hydroxylation is 3. The van der Waals surface area contributed by atoms with Gasteiger partial charge in [-0.25, -0.2) is 4.98 Å². The topological polar surface area (TPSA) is 50.2 Å². The van der Waals surface area contributed by atoms with E-state index >= 15 is 0 Å². The van der Waals surface area contributed by atoms with Crippen molar-refractivity contribution in [1.29, 1.82) is 0 Å². The first-order chi connectivity index (χ1) is 9.13. The molecule has 1 aliphatic carbocycles. The van der Waals surface area contributed by atoms with Gasteiger partial charge in [0, 0.05) is 10.4 Å². The third kappa shape index (κ3) is 2.40. The van der Waals surface area contributed by atoms with Gasteiger partial charge >= 0.3 is 5.97 Å². The molecule has 0 fully saturated rings. The van der Waals surface area contributed by atoms with E-state index in [1.54, 1.807) is 0 Å². The fourth-order valence-corrected chi connectivity index (χ4v) is 3.62. The molecule has 0 saturated heterocycles. The van der Waals surface area contributed by atoms with Crippen molar-refractivity contribution in [3.05, 3.63) is 39.2 Å². The lowest BCUT2D eigenvalue weighted by atomic mass is 10.0. The highest BCUT2D eigenvalue weighted by Gasteiger charge is 2.17. The molecule has 0 spiro atoms. The van der Waals surface area contributed by atoms with Crippen molar-refractivity contribution in [2.45, 2.75) is 32.6 Å². The molecule has 3 rings (SSSR count).